The lowest BCUT2D eigenvalue weighted by Gasteiger charge is -2.38. The molecular formula is C24H19F3N4O4. The Kier molecular flexibility index (Phi) is 5.46. The molecule has 1 aliphatic rings. The van der Waals surface area contributed by atoms with Crippen molar-refractivity contribution in [3.8, 4) is 17.4 Å². The van der Waals surface area contributed by atoms with Crippen LogP contribution in [-0.2, 0) is 5.54 Å². The van der Waals surface area contributed by atoms with Crippen molar-refractivity contribution in [1.29, 1.82) is 0 Å². The summed E-state index contributed by atoms with van der Waals surface area (Å²) in [6, 6.07) is 12.2. The molecule has 0 aliphatic carbocycles. The minimum Gasteiger partial charge on any atom is -0.491 e. The molecule has 0 saturated heterocycles. The number of nitrogens with zero attached hydrogens (tertiary/aromatic N) is 2. The summed E-state index contributed by atoms with van der Waals surface area (Å²) in [7, 11) is 1.50. The summed E-state index contributed by atoms with van der Waals surface area (Å²) in [6.45, 7) is 0.258. The van der Waals surface area contributed by atoms with Gasteiger partial charge < -0.3 is 24.5 Å². The van der Waals surface area contributed by atoms with Gasteiger partial charge in [-0.2, -0.15) is 0 Å². The third-order valence-electron chi connectivity index (χ3n) is 5.75. The van der Waals surface area contributed by atoms with E-state index in [-0.39, 0.29) is 18.1 Å². The van der Waals surface area contributed by atoms with Crippen LogP contribution in [0.1, 0.15) is 28.2 Å². The first-order chi connectivity index (χ1) is 16.8. The van der Waals surface area contributed by atoms with E-state index in [4.69, 9.17) is 9.47 Å². The number of halogens is 3. The maximum atomic E-state index is 13.4. The maximum Gasteiger partial charge on any atom is 0.573 e. The number of alkyl halides is 3. The standard InChI is InChI=1S/C24H19F3N4O4/c1-33-20-12-14-11-17(30-18(14)13-29-20)22(32)31-23(8-10-34-19-3-2-9-28-21(19)23)15-4-6-16(7-5-15)35-24(25,26)27/h2-7,9,11-13,30H,8,10H2,1H3,(H,31,32)/t23-/m0/s1. The number of ether oxygens (including phenoxy) is 3. The Morgan fingerprint density at radius 3 is 2.71 bits per heavy atom. The zero-order valence-corrected chi connectivity index (χ0v) is 18.3. The van der Waals surface area contributed by atoms with Gasteiger partial charge in [-0.05, 0) is 35.9 Å². The average molecular weight is 484 g/mol. The number of hydrogen-bond acceptors (Lipinski definition) is 6. The largest absolute Gasteiger partial charge is 0.573 e. The molecule has 5 rings (SSSR count). The number of nitrogens with one attached hydrogen (secondary N) is 2. The van der Waals surface area contributed by atoms with Crippen LogP contribution in [0.5, 0.6) is 17.4 Å². The highest BCUT2D eigenvalue weighted by Gasteiger charge is 2.43. The molecule has 1 aromatic carbocycles. The summed E-state index contributed by atoms with van der Waals surface area (Å²) in [5.41, 5.74) is 0.738. The van der Waals surface area contributed by atoms with E-state index in [9.17, 15) is 18.0 Å². The molecule has 0 spiro atoms. The normalized spacial score (nSPS) is 17.4. The molecule has 4 heterocycles. The average Bonchev–Trinajstić information content (AvgIpc) is 3.27. The van der Waals surface area contributed by atoms with Crippen molar-refractivity contribution in [2.45, 2.75) is 18.3 Å². The van der Waals surface area contributed by atoms with Crippen molar-refractivity contribution in [2.24, 2.45) is 0 Å². The van der Waals surface area contributed by atoms with Crippen LogP contribution < -0.4 is 19.5 Å². The van der Waals surface area contributed by atoms with Gasteiger partial charge in [-0.1, -0.05) is 12.1 Å². The lowest BCUT2D eigenvalue weighted by molar-refractivity contribution is -0.274. The van der Waals surface area contributed by atoms with E-state index in [2.05, 4.69) is 25.0 Å². The van der Waals surface area contributed by atoms with Crippen molar-refractivity contribution in [3.05, 3.63) is 77.9 Å². The molecule has 1 amide bonds. The lowest BCUT2D eigenvalue weighted by atomic mass is 9.81. The fraction of sp³-hybridized carbons (Fsp3) is 0.208. The number of hydrogen-bond donors (Lipinski definition) is 2. The second kappa shape index (κ2) is 8.49. The van der Waals surface area contributed by atoms with Crippen LogP contribution in [-0.4, -0.2) is 40.9 Å². The number of amides is 1. The van der Waals surface area contributed by atoms with E-state index in [0.717, 1.165) is 5.39 Å². The molecule has 0 bridgehead atoms. The van der Waals surface area contributed by atoms with Crippen LogP contribution in [0.15, 0.2) is 60.9 Å². The Morgan fingerprint density at radius 1 is 1.17 bits per heavy atom. The van der Waals surface area contributed by atoms with Gasteiger partial charge >= 0.3 is 6.36 Å². The highest BCUT2D eigenvalue weighted by molar-refractivity contribution is 5.98. The molecule has 35 heavy (non-hydrogen) atoms. The monoisotopic (exact) mass is 484 g/mol. The van der Waals surface area contributed by atoms with Crippen LogP contribution in [0, 0.1) is 0 Å². The molecule has 4 aromatic rings. The Bertz CT molecular complexity index is 1390. The molecule has 0 fully saturated rings. The minimum absolute atomic E-state index is 0.258. The Balaban J connectivity index is 1.55. The SMILES string of the molecule is COc1cc2cc(C(=O)N[C@]3(c4ccc(OC(F)(F)F)cc4)CCOc4cccnc43)[nH]c2cn1. The van der Waals surface area contributed by atoms with Crippen molar-refractivity contribution in [2.75, 3.05) is 13.7 Å². The van der Waals surface area contributed by atoms with Crippen molar-refractivity contribution >= 4 is 16.8 Å². The van der Waals surface area contributed by atoms with Gasteiger partial charge in [-0.15, -0.1) is 13.2 Å². The molecule has 11 heteroatoms. The molecule has 180 valence electrons. The van der Waals surface area contributed by atoms with Gasteiger partial charge in [0.2, 0.25) is 5.88 Å². The maximum absolute atomic E-state index is 13.4. The summed E-state index contributed by atoms with van der Waals surface area (Å²) in [5.74, 6) is 0.0753. The third-order valence-corrected chi connectivity index (χ3v) is 5.75. The van der Waals surface area contributed by atoms with Crippen LogP contribution in [0.25, 0.3) is 10.9 Å². The lowest BCUT2D eigenvalue weighted by Crippen LogP contribution is -2.50. The first-order valence-electron chi connectivity index (χ1n) is 10.6. The van der Waals surface area contributed by atoms with E-state index >= 15 is 0 Å². The van der Waals surface area contributed by atoms with Gasteiger partial charge in [0, 0.05) is 24.1 Å². The number of pyridine rings is 2. The summed E-state index contributed by atoms with van der Waals surface area (Å²) >= 11 is 0. The number of rotatable bonds is 5. The van der Waals surface area contributed by atoms with Crippen molar-refractivity contribution < 1.29 is 32.2 Å². The number of aromatic nitrogens is 3. The van der Waals surface area contributed by atoms with Gasteiger partial charge in [0.15, 0.2) is 0 Å². The highest BCUT2D eigenvalue weighted by atomic mass is 19.4. The van der Waals surface area contributed by atoms with Gasteiger partial charge in [-0.25, -0.2) is 4.98 Å². The summed E-state index contributed by atoms with van der Waals surface area (Å²) in [4.78, 5) is 25.1. The van der Waals surface area contributed by atoms with Crippen LogP contribution in [0.2, 0.25) is 0 Å². The fourth-order valence-corrected chi connectivity index (χ4v) is 4.18. The number of aromatic amines is 1. The Hall–Kier alpha value is -4.28. The second-order valence-corrected chi connectivity index (χ2v) is 7.88. The smallest absolute Gasteiger partial charge is 0.491 e. The molecule has 2 N–H and O–H groups in total. The summed E-state index contributed by atoms with van der Waals surface area (Å²) in [6.07, 6.45) is -1.38. The molecule has 3 aromatic heterocycles. The second-order valence-electron chi connectivity index (χ2n) is 7.88. The first kappa shape index (κ1) is 22.5. The van der Waals surface area contributed by atoms with E-state index < -0.39 is 17.8 Å². The highest BCUT2D eigenvalue weighted by Crippen LogP contribution is 2.41. The van der Waals surface area contributed by atoms with E-state index in [1.165, 1.54) is 31.4 Å². The predicted octanol–water partition coefficient (Wildman–Crippen LogP) is 4.32. The molecule has 0 radical (unpaired) electrons. The number of methoxy groups -OCH3 is 1. The van der Waals surface area contributed by atoms with Crippen molar-refractivity contribution in [1.82, 2.24) is 20.3 Å². The van der Waals surface area contributed by atoms with Crippen LogP contribution in [0.3, 0.4) is 0 Å². The van der Waals surface area contributed by atoms with Gasteiger partial charge in [0.05, 0.1) is 25.4 Å². The molecule has 1 aliphatic heterocycles. The topological polar surface area (TPSA) is 98.4 Å². The molecular weight excluding hydrogens is 465 g/mol. The molecule has 0 unspecified atom stereocenters. The number of benzene rings is 1. The number of fused-ring (bicyclic) bond motifs is 2. The summed E-state index contributed by atoms with van der Waals surface area (Å²) in [5, 5.41) is 3.78. The zero-order valence-electron chi connectivity index (χ0n) is 18.3. The number of H-pyrrole nitrogens is 1. The van der Waals surface area contributed by atoms with Gasteiger partial charge in [0.25, 0.3) is 5.91 Å². The Morgan fingerprint density at radius 2 is 1.97 bits per heavy atom. The fourth-order valence-electron chi connectivity index (χ4n) is 4.18. The molecule has 0 saturated carbocycles. The first-order valence-corrected chi connectivity index (χ1v) is 10.6. The molecule has 1 atom stereocenters. The van der Waals surface area contributed by atoms with Crippen molar-refractivity contribution in [3.63, 3.8) is 0 Å². The van der Waals surface area contributed by atoms with E-state index in [1.807, 2.05) is 0 Å². The minimum atomic E-state index is -4.81. The van der Waals surface area contributed by atoms with Gasteiger partial charge in [0.1, 0.15) is 28.4 Å². The predicted molar refractivity (Wildman–Crippen MR) is 118 cm³/mol. The zero-order chi connectivity index (χ0) is 24.6. The van der Waals surface area contributed by atoms with E-state index in [1.54, 1.807) is 36.7 Å². The van der Waals surface area contributed by atoms with Gasteiger partial charge in [-0.3, -0.25) is 9.78 Å². The third kappa shape index (κ3) is 4.32. The number of carbonyl (C=O) groups excluding carboxylic acids is 1. The van der Waals surface area contributed by atoms with Crippen LogP contribution in [0.4, 0.5) is 13.2 Å². The molecule has 8 nitrogen and oxygen atoms in total. The number of carbonyl (C=O) groups is 1. The quantitative estimate of drug-likeness (QED) is 0.438. The van der Waals surface area contributed by atoms with E-state index in [0.29, 0.717) is 34.8 Å². The van der Waals surface area contributed by atoms with Crippen LogP contribution >= 0.6 is 0 Å². The summed E-state index contributed by atoms with van der Waals surface area (Å²) < 4.78 is 52.8. The Labute approximate surface area is 197 Å².